The molecule has 3 aromatic rings. The SMILES string of the molecule is O=C1[C@@H]2CCCN2C(=O)C(c2ccc(Oc3ccccc3)cc2)N1CCc1ccccn1. The average molecular weight is 428 g/mol. The molecule has 0 aliphatic carbocycles. The zero-order valence-corrected chi connectivity index (χ0v) is 17.8. The number of benzene rings is 2. The summed E-state index contributed by atoms with van der Waals surface area (Å²) >= 11 is 0. The number of pyridine rings is 1. The van der Waals surface area contributed by atoms with E-state index >= 15 is 0 Å². The monoisotopic (exact) mass is 427 g/mol. The molecule has 0 spiro atoms. The number of piperazine rings is 1. The molecule has 6 nitrogen and oxygen atoms in total. The standard InChI is InChI=1S/C26H25N3O3/c30-25-23-10-6-17-28(23)26(31)24(29(25)18-15-20-7-4-5-16-27-20)19-11-13-22(14-12-19)32-21-8-2-1-3-9-21/h1-5,7-9,11-14,16,23-24H,6,10,15,17-18H2/t23-,24?/m0/s1. The Morgan fingerprint density at radius 3 is 2.38 bits per heavy atom. The number of ether oxygens (including phenoxy) is 1. The summed E-state index contributed by atoms with van der Waals surface area (Å²) in [6.45, 7) is 1.11. The van der Waals surface area contributed by atoms with Gasteiger partial charge in [0.2, 0.25) is 5.91 Å². The Labute approximate surface area is 187 Å². The van der Waals surface area contributed by atoms with Crippen molar-refractivity contribution in [3.8, 4) is 11.5 Å². The smallest absolute Gasteiger partial charge is 0.250 e. The summed E-state index contributed by atoms with van der Waals surface area (Å²) in [7, 11) is 0. The van der Waals surface area contributed by atoms with E-state index in [2.05, 4.69) is 4.98 Å². The largest absolute Gasteiger partial charge is 0.457 e. The van der Waals surface area contributed by atoms with Gasteiger partial charge in [-0.05, 0) is 54.8 Å². The zero-order chi connectivity index (χ0) is 21.9. The van der Waals surface area contributed by atoms with Crippen molar-refractivity contribution in [3.63, 3.8) is 0 Å². The third-order valence-electron chi connectivity index (χ3n) is 6.16. The molecule has 1 aromatic heterocycles. The molecule has 6 heteroatoms. The van der Waals surface area contributed by atoms with Gasteiger partial charge in [0.05, 0.1) is 0 Å². The Bertz CT molecular complexity index is 1090. The second-order valence-corrected chi connectivity index (χ2v) is 8.18. The van der Waals surface area contributed by atoms with Gasteiger partial charge in [-0.15, -0.1) is 0 Å². The van der Waals surface area contributed by atoms with Gasteiger partial charge in [-0.25, -0.2) is 0 Å². The minimum Gasteiger partial charge on any atom is -0.457 e. The van der Waals surface area contributed by atoms with Gasteiger partial charge in [0, 0.05) is 31.4 Å². The number of hydrogen-bond donors (Lipinski definition) is 0. The summed E-state index contributed by atoms with van der Waals surface area (Å²) in [6, 6.07) is 21.9. The van der Waals surface area contributed by atoms with E-state index in [1.54, 1.807) is 16.0 Å². The third kappa shape index (κ3) is 3.96. The van der Waals surface area contributed by atoms with E-state index in [1.165, 1.54) is 0 Å². The molecular weight excluding hydrogens is 402 g/mol. The molecule has 0 bridgehead atoms. The van der Waals surface area contributed by atoms with Crippen LogP contribution in [0.4, 0.5) is 0 Å². The number of carbonyl (C=O) groups excluding carboxylic acids is 2. The molecule has 32 heavy (non-hydrogen) atoms. The highest BCUT2D eigenvalue weighted by Gasteiger charge is 2.48. The molecule has 2 saturated heterocycles. The predicted molar refractivity (Wildman–Crippen MR) is 120 cm³/mol. The second-order valence-electron chi connectivity index (χ2n) is 8.18. The van der Waals surface area contributed by atoms with Crippen LogP contribution in [0.15, 0.2) is 79.0 Å². The fourth-order valence-electron chi connectivity index (χ4n) is 4.58. The van der Waals surface area contributed by atoms with Crippen LogP contribution in [-0.4, -0.2) is 45.7 Å². The normalized spacial score (nSPS) is 20.4. The van der Waals surface area contributed by atoms with Gasteiger partial charge in [-0.3, -0.25) is 14.6 Å². The van der Waals surface area contributed by atoms with E-state index in [9.17, 15) is 9.59 Å². The molecule has 2 atom stereocenters. The van der Waals surface area contributed by atoms with Gasteiger partial charge in [0.1, 0.15) is 23.6 Å². The number of aromatic nitrogens is 1. The fourth-order valence-corrected chi connectivity index (χ4v) is 4.58. The molecular formula is C26H25N3O3. The Morgan fingerprint density at radius 2 is 1.62 bits per heavy atom. The summed E-state index contributed by atoms with van der Waals surface area (Å²) in [5.41, 5.74) is 1.71. The molecule has 2 aliphatic rings. The first-order valence-electron chi connectivity index (χ1n) is 11.0. The summed E-state index contributed by atoms with van der Waals surface area (Å²) < 4.78 is 5.89. The van der Waals surface area contributed by atoms with E-state index in [0.717, 1.165) is 29.8 Å². The first kappa shape index (κ1) is 20.2. The van der Waals surface area contributed by atoms with Crippen molar-refractivity contribution >= 4 is 11.8 Å². The number of carbonyl (C=O) groups is 2. The summed E-state index contributed by atoms with van der Waals surface area (Å²) in [6.07, 6.45) is 3.96. The number of amides is 2. The van der Waals surface area contributed by atoms with Crippen LogP contribution in [0.1, 0.15) is 30.1 Å². The maximum atomic E-state index is 13.4. The van der Waals surface area contributed by atoms with Gasteiger partial charge >= 0.3 is 0 Å². The molecule has 2 fully saturated rings. The topological polar surface area (TPSA) is 62.7 Å². The van der Waals surface area contributed by atoms with Gasteiger partial charge < -0.3 is 14.5 Å². The van der Waals surface area contributed by atoms with Crippen molar-refractivity contribution in [2.75, 3.05) is 13.1 Å². The van der Waals surface area contributed by atoms with Crippen LogP contribution in [0.5, 0.6) is 11.5 Å². The molecule has 2 aliphatic heterocycles. The second kappa shape index (κ2) is 8.83. The molecule has 3 heterocycles. The maximum Gasteiger partial charge on any atom is 0.250 e. The number of hydrogen-bond acceptors (Lipinski definition) is 4. The van der Waals surface area contributed by atoms with Crippen LogP contribution in [-0.2, 0) is 16.0 Å². The molecule has 1 unspecified atom stereocenters. The fraction of sp³-hybridized carbons (Fsp3) is 0.269. The quantitative estimate of drug-likeness (QED) is 0.597. The first-order chi connectivity index (χ1) is 15.7. The average Bonchev–Trinajstić information content (AvgIpc) is 3.33. The Balaban J connectivity index is 1.40. The van der Waals surface area contributed by atoms with E-state index in [1.807, 2.05) is 72.8 Å². The van der Waals surface area contributed by atoms with Crippen molar-refractivity contribution in [1.29, 1.82) is 0 Å². The van der Waals surface area contributed by atoms with E-state index < -0.39 is 6.04 Å². The lowest BCUT2D eigenvalue weighted by molar-refractivity contribution is -0.159. The minimum atomic E-state index is -0.619. The highest BCUT2D eigenvalue weighted by Crippen LogP contribution is 2.35. The van der Waals surface area contributed by atoms with Crippen LogP contribution >= 0.6 is 0 Å². The van der Waals surface area contributed by atoms with E-state index in [4.69, 9.17) is 4.74 Å². The number of fused-ring (bicyclic) bond motifs is 1. The molecule has 162 valence electrons. The number of nitrogens with zero attached hydrogens (tertiary/aromatic N) is 3. The zero-order valence-electron chi connectivity index (χ0n) is 17.8. The van der Waals surface area contributed by atoms with Crippen molar-refractivity contribution in [3.05, 3.63) is 90.3 Å². The highest BCUT2D eigenvalue weighted by molar-refractivity contribution is 5.98. The van der Waals surface area contributed by atoms with Crippen LogP contribution in [0.25, 0.3) is 0 Å². The first-order valence-corrected chi connectivity index (χ1v) is 11.0. The van der Waals surface area contributed by atoms with Crippen molar-refractivity contribution in [2.24, 2.45) is 0 Å². The van der Waals surface area contributed by atoms with Crippen LogP contribution in [0.3, 0.4) is 0 Å². The summed E-state index contributed by atoms with van der Waals surface area (Å²) in [5.74, 6) is 1.48. The molecule has 0 saturated carbocycles. The summed E-state index contributed by atoms with van der Waals surface area (Å²) in [4.78, 5) is 34.7. The maximum absolute atomic E-state index is 13.4. The lowest BCUT2D eigenvalue weighted by atomic mass is 9.97. The molecule has 2 amide bonds. The lowest BCUT2D eigenvalue weighted by Crippen LogP contribution is -2.59. The van der Waals surface area contributed by atoms with Gasteiger partial charge in [0.25, 0.3) is 5.91 Å². The van der Waals surface area contributed by atoms with Crippen LogP contribution in [0, 0.1) is 0 Å². The predicted octanol–water partition coefficient (Wildman–Crippen LogP) is 3.99. The molecule has 0 radical (unpaired) electrons. The number of rotatable bonds is 6. The number of para-hydroxylation sites is 1. The summed E-state index contributed by atoms with van der Waals surface area (Å²) in [5, 5.41) is 0. The minimum absolute atomic E-state index is 0.00449. The molecule has 2 aromatic carbocycles. The molecule has 5 rings (SSSR count). The van der Waals surface area contributed by atoms with Gasteiger partial charge in [0.15, 0.2) is 0 Å². The Morgan fingerprint density at radius 1 is 0.875 bits per heavy atom. The van der Waals surface area contributed by atoms with Crippen LogP contribution < -0.4 is 4.74 Å². The highest BCUT2D eigenvalue weighted by atomic mass is 16.5. The van der Waals surface area contributed by atoms with E-state index in [0.29, 0.717) is 25.3 Å². The Hall–Kier alpha value is -3.67. The van der Waals surface area contributed by atoms with Crippen LogP contribution in [0.2, 0.25) is 0 Å². The lowest BCUT2D eigenvalue weighted by Gasteiger charge is -2.42. The van der Waals surface area contributed by atoms with E-state index in [-0.39, 0.29) is 17.9 Å². The Kier molecular flexibility index (Phi) is 5.58. The van der Waals surface area contributed by atoms with Gasteiger partial charge in [-0.1, -0.05) is 36.4 Å². The van der Waals surface area contributed by atoms with Crippen molar-refractivity contribution in [1.82, 2.24) is 14.8 Å². The van der Waals surface area contributed by atoms with Crippen molar-refractivity contribution < 1.29 is 14.3 Å². The van der Waals surface area contributed by atoms with Crippen molar-refractivity contribution in [2.45, 2.75) is 31.3 Å². The third-order valence-corrected chi connectivity index (χ3v) is 6.16. The van der Waals surface area contributed by atoms with Gasteiger partial charge in [-0.2, -0.15) is 0 Å². The molecule has 0 N–H and O–H groups in total.